The van der Waals surface area contributed by atoms with E-state index < -0.39 is 0 Å². The van der Waals surface area contributed by atoms with E-state index in [-0.39, 0.29) is 11.8 Å². The minimum atomic E-state index is 0.0691. The van der Waals surface area contributed by atoms with Crippen LogP contribution in [0.5, 0.6) is 0 Å². The number of nitrogens with zero attached hydrogens (tertiary/aromatic N) is 6. The van der Waals surface area contributed by atoms with E-state index in [4.69, 9.17) is 0 Å². The first-order valence-electron chi connectivity index (χ1n) is 10.0. The molecule has 1 amide bonds. The van der Waals surface area contributed by atoms with E-state index in [0.29, 0.717) is 5.82 Å². The number of hydrogen-bond donors (Lipinski definition) is 1. The highest BCUT2D eigenvalue weighted by molar-refractivity contribution is 5.78. The number of aryl methyl sites for hydroxylation is 1. The number of amides is 1. The van der Waals surface area contributed by atoms with Crippen molar-refractivity contribution in [3.05, 3.63) is 60.9 Å². The summed E-state index contributed by atoms with van der Waals surface area (Å²) in [4.78, 5) is 27.3. The van der Waals surface area contributed by atoms with Gasteiger partial charge in [-0.15, -0.1) is 0 Å². The van der Waals surface area contributed by atoms with E-state index in [1.807, 2.05) is 24.3 Å². The van der Waals surface area contributed by atoms with Crippen molar-refractivity contribution >= 4 is 11.7 Å². The molecule has 1 saturated heterocycles. The number of nitrogens with one attached hydrogen (secondary N) is 1. The maximum Gasteiger partial charge on any atom is 0.223 e. The van der Waals surface area contributed by atoms with E-state index in [0.717, 1.165) is 51.1 Å². The molecule has 0 radical (unpaired) electrons. The fourth-order valence-electron chi connectivity index (χ4n) is 3.63. The van der Waals surface area contributed by atoms with Gasteiger partial charge < -0.3 is 10.2 Å². The van der Waals surface area contributed by atoms with Gasteiger partial charge in [-0.1, -0.05) is 30.3 Å². The molecule has 8 heteroatoms. The van der Waals surface area contributed by atoms with Gasteiger partial charge in [0.1, 0.15) is 24.8 Å². The summed E-state index contributed by atoms with van der Waals surface area (Å²) in [6.45, 7) is 2.33. The number of carbonyl (C=O) groups is 1. The van der Waals surface area contributed by atoms with Crippen LogP contribution in [0.25, 0.3) is 5.82 Å². The van der Waals surface area contributed by atoms with Crippen LogP contribution in [-0.2, 0) is 11.2 Å². The number of rotatable bonds is 7. The Morgan fingerprint density at radius 3 is 2.62 bits per heavy atom. The van der Waals surface area contributed by atoms with Crippen molar-refractivity contribution in [2.75, 3.05) is 24.5 Å². The molecule has 150 valence electrons. The maximum absolute atomic E-state index is 12.5. The summed E-state index contributed by atoms with van der Waals surface area (Å²) < 4.78 is 1.61. The second-order valence-corrected chi connectivity index (χ2v) is 7.22. The minimum Gasteiger partial charge on any atom is -0.356 e. The molecule has 0 spiro atoms. The van der Waals surface area contributed by atoms with Crippen LogP contribution in [0.3, 0.4) is 0 Å². The Morgan fingerprint density at radius 1 is 1.07 bits per heavy atom. The lowest BCUT2D eigenvalue weighted by Crippen LogP contribution is -2.41. The Kier molecular flexibility index (Phi) is 6.09. The second kappa shape index (κ2) is 9.27. The fourth-order valence-corrected chi connectivity index (χ4v) is 3.63. The quantitative estimate of drug-likeness (QED) is 0.620. The van der Waals surface area contributed by atoms with Crippen LogP contribution >= 0.6 is 0 Å². The van der Waals surface area contributed by atoms with Gasteiger partial charge in [-0.25, -0.2) is 19.6 Å². The summed E-state index contributed by atoms with van der Waals surface area (Å²) >= 11 is 0. The van der Waals surface area contributed by atoms with Crippen LogP contribution in [0, 0.1) is 5.92 Å². The molecule has 1 aromatic carbocycles. The predicted molar refractivity (Wildman–Crippen MR) is 110 cm³/mol. The molecule has 1 aliphatic heterocycles. The van der Waals surface area contributed by atoms with E-state index in [2.05, 4.69) is 42.4 Å². The zero-order valence-electron chi connectivity index (χ0n) is 16.3. The average molecular weight is 391 g/mol. The van der Waals surface area contributed by atoms with Crippen molar-refractivity contribution in [1.82, 2.24) is 30.0 Å². The molecule has 1 fully saturated rings. The van der Waals surface area contributed by atoms with E-state index >= 15 is 0 Å². The Morgan fingerprint density at radius 2 is 1.86 bits per heavy atom. The molecular weight excluding hydrogens is 366 g/mol. The summed E-state index contributed by atoms with van der Waals surface area (Å²) in [5.74, 6) is 1.78. The summed E-state index contributed by atoms with van der Waals surface area (Å²) in [5, 5.41) is 7.21. The zero-order valence-corrected chi connectivity index (χ0v) is 16.3. The summed E-state index contributed by atoms with van der Waals surface area (Å²) in [5.41, 5.74) is 1.31. The first-order chi connectivity index (χ1) is 14.3. The van der Waals surface area contributed by atoms with Crippen molar-refractivity contribution < 1.29 is 4.79 Å². The van der Waals surface area contributed by atoms with Gasteiger partial charge in [0.05, 0.1) is 0 Å². The van der Waals surface area contributed by atoms with E-state index in [9.17, 15) is 4.79 Å². The minimum absolute atomic E-state index is 0.0691. The average Bonchev–Trinajstić information content (AvgIpc) is 3.33. The van der Waals surface area contributed by atoms with Gasteiger partial charge in [-0.3, -0.25) is 4.79 Å². The molecule has 0 unspecified atom stereocenters. The third-order valence-corrected chi connectivity index (χ3v) is 5.27. The highest BCUT2D eigenvalue weighted by atomic mass is 16.1. The maximum atomic E-state index is 12.5. The first kappa shape index (κ1) is 19.0. The van der Waals surface area contributed by atoms with Crippen LogP contribution in [0.4, 0.5) is 5.82 Å². The molecule has 3 heterocycles. The Labute approximate surface area is 170 Å². The first-order valence-corrected chi connectivity index (χ1v) is 10.0. The normalized spacial score (nSPS) is 14.7. The molecule has 0 bridgehead atoms. The number of aromatic nitrogens is 5. The standard InChI is InChI=1S/C21H25N7O/c29-21(23-10-4-7-17-5-2-1-3-6-17)18-8-11-27(12-9-18)19-13-20(25-15-24-19)28-16-22-14-26-28/h1-3,5-6,13-16,18H,4,7-12H2,(H,23,29). The van der Waals surface area contributed by atoms with E-state index in [1.54, 1.807) is 11.0 Å². The van der Waals surface area contributed by atoms with Crippen molar-refractivity contribution in [3.63, 3.8) is 0 Å². The van der Waals surface area contributed by atoms with Gasteiger partial charge in [0.2, 0.25) is 5.91 Å². The van der Waals surface area contributed by atoms with Gasteiger partial charge >= 0.3 is 0 Å². The van der Waals surface area contributed by atoms with Crippen LogP contribution in [0.15, 0.2) is 55.4 Å². The van der Waals surface area contributed by atoms with Crippen LogP contribution < -0.4 is 10.2 Å². The molecule has 4 rings (SSSR count). The number of benzene rings is 1. The van der Waals surface area contributed by atoms with Crippen LogP contribution in [0.2, 0.25) is 0 Å². The zero-order chi connectivity index (χ0) is 19.9. The van der Waals surface area contributed by atoms with Gasteiger partial charge in [0, 0.05) is 31.6 Å². The third kappa shape index (κ3) is 4.96. The number of hydrogen-bond acceptors (Lipinski definition) is 6. The molecule has 1 aliphatic rings. The van der Waals surface area contributed by atoms with Crippen LogP contribution in [0.1, 0.15) is 24.8 Å². The molecule has 2 aromatic heterocycles. The van der Waals surface area contributed by atoms with E-state index in [1.165, 1.54) is 18.2 Å². The second-order valence-electron chi connectivity index (χ2n) is 7.22. The van der Waals surface area contributed by atoms with Gasteiger partial charge in [0.25, 0.3) is 0 Å². The lowest BCUT2D eigenvalue weighted by molar-refractivity contribution is -0.125. The Bertz CT molecular complexity index is 906. The lowest BCUT2D eigenvalue weighted by atomic mass is 9.96. The predicted octanol–water partition coefficient (Wildman–Crippen LogP) is 2.02. The fraction of sp³-hybridized carbons (Fsp3) is 0.381. The van der Waals surface area contributed by atoms with Gasteiger partial charge in [-0.2, -0.15) is 5.10 Å². The van der Waals surface area contributed by atoms with Crippen molar-refractivity contribution in [2.24, 2.45) is 5.92 Å². The molecule has 1 N–H and O–H groups in total. The monoisotopic (exact) mass is 391 g/mol. The lowest BCUT2D eigenvalue weighted by Gasteiger charge is -2.32. The molecule has 29 heavy (non-hydrogen) atoms. The summed E-state index contributed by atoms with van der Waals surface area (Å²) in [6.07, 6.45) is 8.23. The highest BCUT2D eigenvalue weighted by Crippen LogP contribution is 2.22. The number of anilines is 1. The summed E-state index contributed by atoms with van der Waals surface area (Å²) in [6, 6.07) is 12.3. The molecular formula is C21H25N7O. The van der Waals surface area contributed by atoms with Gasteiger partial charge in [0.15, 0.2) is 5.82 Å². The Hall–Kier alpha value is -3.29. The third-order valence-electron chi connectivity index (χ3n) is 5.27. The molecule has 0 atom stereocenters. The number of piperidine rings is 1. The largest absolute Gasteiger partial charge is 0.356 e. The SMILES string of the molecule is O=C(NCCCc1ccccc1)C1CCN(c2cc(-n3cncn3)ncn2)CC1. The number of carbonyl (C=O) groups excluding carboxylic acids is 1. The molecule has 8 nitrogen and oxygen atoms in total. The Balaban J connectivity index is 1.23. The molecule has 0 aliphatic carbocycles. The van der Waals surface area contributed by atoms with Crippen molar-refractivity contribution in [1.29, 1.82) is 0 Å². The molecule has 3 aromatic rings. The van der Waals surface area contributed by atoms with Gasteiger partial charge in [-0.05, 0) is 31.2 Å². The van der Waals surface area contributed by atoms with Crippen LogP contribution in [-0.4, -0.2) is 50.3 Å². The smallest absolute Gasteiger partial charge is 0.223 e. The molecule has 0 saturated carbocycles. The summed E-state index contributed by atoms with van der Waals surface area (Å²) in [7, 11) is 0. The topological polar surface area (TPSA) is 88.8 Å². The van der Waals surface area contributed by atoms with Crippen molar-refractivity contribution in [3.8, 4) is 5.82 Å². The highest BCUT2D eigenvalue weighted by Gasteiger charge is 2.25. The van der Waals surface area contributed by atoms with Crippen molar-refractivity contribution in [2.45, 2.75) is 25.7 Å².